The summed E-state index contributed by atoms with van der Waals surface area (Å²) in [5.41, 5.74) is 1.24. The Labute approximate surface area is 165 Å². The number of nitrogens with zero attached hydrogens (tertiary/aromatic N) is 2. The van der Waals surface area contributed by atoms with Gasteiger partial charge >= 0.3 is 0 Å². The third-order valence-electron chi connectivity index (χ3n) is 4.36. The van der Waals surface area contributed by atoms with Crippen LogP contribution in [0.15, 0.2) is 59.8 Å². The van der Waals surface area contributed by atoms with Crippen molar-refractivity contribution in [3.63, 3.8) is 0 Å². The van der Waals surface area contributed by atoms with Crippen LogP contribution in [0.25, 0.3) is 0 Å². The molecule has 0 radical (unpaired) electrons. The summed E-state index contributed by atoms with van der Waals surface area (Å²) in [4.78, 5) is 12.6. The molecule has 0 spiro atoms. The molecule has 0 amide bonds. The minimum absolute atomic E-state index is 0.0219. The molecule has 0 aliphatic heterocycles. The highest BCUT2D eigenvalue weighted by Crippen LogP contribution is 2.14. The summed E-state index contributed by atoms with van der Waals surface area (Å²) >= 11 is 0. The molecule has 0 unspecified atom stereocenters. The highest BCUT2D eigenvalue weighted by atomic mass is 16.5. The molecule has 0 aliphatic carbocycles. The summed E-state index contributed by atoms with van der Waals surface area (Å²) in [5.74, 6) is 0.320. The van der Waals surface area contributed by atoms with E-state index in [9.17, 15) is 15.2 Å². The zero-order valence-corrected chi connectivity index (χ0v) is 16.3. The molecule has 2 aromatic rings. The minimum Gasteiger partial charge on any atom is -0.623 e. The summed E-state index contributed by atoms with van der Waals surface area (Å²) in [5, 5.41) is 24.8. The average molecular weight is 382 g/mol. The van der Waals surface area contributed by atoms with Gasteiger partial charge in [-0.2, -0.15) is 4.74 Å². The second-order valence-electron chi connectivity index (χ2n) is 6.44. The van der Waals surface area contributed by atoms with Crippen molar-refractivity contribution < 1.29 is 19.5 Å². The van der Waals surface area contributed by atoms with Gasteiger partial charge < -0.3 is 15.2 Å². The first kappa shape index (κ1) is 21.2. The first-order valence-electron chi connectivity index (χ1n) is 9.39. The van der Waals surface area contributed by atoms with Gasteiger partial charge in [-0.3, -0.25) is 4.79 Å². The minimum atomic E-state index is -0.377. The van der Waals surface area contributed by atoms with Crippen LogP contribution >= 0.6 is 0 Å². The Bertz CT molecular complexity index is 827. The fourth-order valence-electron chi connectivity index (χ4n) is 2.63. The number of carbonyl (C=O) groups excluding carboxylic acids is 1. The molecule has 2 aromatic carbocycles. The highest BCUT2D eigenvalue weighted by Gasteiger charge is 2.19. The van der Waals surface area contributed by atoms with Gasteiger partial charge in [0.15, 0.2) is 12.3 Å². The van der Waals surface area contributed by atoms with Crippen molar-refractivity contribution in [3.8, 4) is 5.75 Å². The van der Waals surface area contributed by atoms with Crippen LogP contribution in [0.5, 0.6) is 5.75 Å². The standard InChI is InChI=1S/C22H26N2O4/c1-3-4-8-15-28-20-13-11-19(12-14-20)22(25)17(2)24(27)16-21(23-26)18-9-6-5-7-10-18/h5-7,9-14,26H,3-4,8,15-16H2,1-2H3. The fraction of sp³-hybridized carbons (Fsp3) is 0.318. The monoisotopic (exact) mass is 382 g/mol. The van der Waals surface area contributed by atoms with Gasteiger partial charge in [0, 0.05) is 18.1 Å². The molecule has 2 rings (SSSR count). The third kappa shape index (κ3) is 5.94. The van der Waals surface area contributed by atoms with Crippen molar-refractivity contribution in [2.45, 2.75) is 33.1 Å². The summed E-state index contributed by atoms with van der Waals surface area (Å²) in [7, 11) is 0. The topological polar surface area (TPSA) is 85.0 Å². The summed E-state index contributed by atoms with van der Waals surface area (Å²) in [6, 6.07) is 15.6. The smallest absolute Gasteiger partial charge is 0.252 e. The Kier molecular flexibility index (Phi) is 8.21. The predicted octanol–water partition coefficient (Wildman–Crippen LogP) is 4.29. The number of rotatable bonds is 10. The van der Waals surface area contributed by atoms with Gasteiger partial charge in [-0.1, -0.05) is 55.3 Å². The highest BCUT2D eigenvalue weighted by molar-refractivity contribution is 6.43. The Hall–Kier alpha value is -3.15. The molecule has 0 fully saturated rings. The molecular weight excluding hydrogens is 356 g/mol. The van der Waals surface area contributed by atoms with Crippen molar-refractivity contribution in [1.29, 1.82) is 0 Å². The lowest BCUT2D eigenvalue weighted by molar-refractivity contribution is -0.439. The Morgan fingerprint density at radius 2 is 1.75 bits per heavy atom. The summed E-state index contributed by atoms with van der Waals surface area (Å²) < 4.78 is 6.17. The zero-order valence-electron chi connectivity index (χ0n) is 16.3. The van der Waals surface area contributed by atoms with Crippen LogP contribution in [-0.2, 0) is 0 Å². The molecule has 148 valence electrons. The van der Waals surface area contributed by atoms with Gasteiger partial charge in [0.1, 0.15) is 5.75 Å². The van der Waals surface area contributed by atoms with Crippen molar-refractivity contribution in [3.05, 3.63) is 70.9 Å². The summed E-state index contributed by atoms with van der Waals surface area (Å²) in [6.07, 6.45) is 3.24. The molecule has 0 bridgehead atoms. The van der Waals surface area contributed by atoms with Gasteiger partial charge in [-0.15, -0.1) is 0 Å². The lowest BCUT2D eigenvalue weighted by Crippen LogP contribution is -2.27. The van der Waals surface area contributed by atoms with E-state index in [0.29, 0.717) is 28.2 Å². The quantitative estimate of drug-likeness (QED) is 0.126. The van der Waals surface area contributed by atoms with Gasteiger partial charge in [-0.05, 0) is 30.7 Å². The molecule has 1 N–H and O–H groups in total. The van der Waals surface area contributed by atoms with Crippen molar-refractivity contribution in [2.24, 2.45) is 5.16 Å². The van der Waals surface area contributed by atoms with Crippen LogP contribution in [0.1, 0.15) is 49.0 Å². The first-order chi connectivity index (χ1) is 13.6. The Morgan fingerprint density at radius 1 is 1.07 bits per heavy atom. The Balaban J connectivity index is 2.05. The second kappa shape index (κ2) is 10.9. The van der Waals surface area contributed by atoms with E-state index in [0.717, 1.165) is 19.3 Å². The lowest BCUT2D eigenvalue weighted by Gasteiger charge is -2.10. The van der Waals surface area contributed by atoms with Gasteiger partial charge in [0.25, 0.3) is 5.78 Å². The maximum absolute atomic E-state index is 12.6. The maximum atomic E-state index is 12.6. The molecule has 0 heterocycles. The van der Waals surface area contributed by atoms with Crippen LogP contribution in [0.2, 0.25) is 0 Å². The third-order valence-corrected chi connectivity index (χ3v) is 4.36. The van der Waals surface area contributed by atoms with E-state index in [2.05, 4.69) is 12.1 Å². The molecule has 28 heavy (non-hydrogen) atoms. The van der Waals surface area contributed by atoms with Gasteiger partial charge in [-0.25, -0.2) is 0 Å². The predicted molar refractivity (Wildman–Crippen MR) is 110 cm³/mol. The number of hydroxylamine groups is 1. The second-order valence-corrected chi connectivity index (χ2v) is 6.44. The molecule has 0 atom stereocenters. The number of ketones is 1. The van der Waals surface area contributed by atoms with Gasteiger partial charge in [0.2, 0.25) is 5.71 Å². The van der Waals surface area contributed by atoms with Crippen LogP contribution in [0.4, 0.5) is 0 Å². The largest absolute Gasteiger partial charge is 0.623 e. The molecule has 6 nitrogen and oxygen atoms in total. The van der Waals surface area contributed by atoms with Crippen LogP contribution in [-0.4, -0.2) is 40.3 Å². The average Bonchev–Trinajstić information content (AvgIpc) is 2.75. The number of unbranched alkanes of at least 4 members (excludes halogenated alkanes) is 2. The van der Waals surface area contributed by atoms with E-state index in [1.807, 2.05) is 6.07 Å². The van der Waals surface area contributed by atoms with Crippen LogP contribution < -0.4 is 4.74 Å². The van der Waals surface area contributed by atoms with Crippen LogP contribution in [0, 0.1) is 5.21 Å². The van der Waals surface area contributed by atoms with Gasteiger partial charge in [0.05, 0.1) is 6.61 Å². The van der Waals surface area contributed by atoms with E-state index in [4.69, 9.17) is 4.74 Å². The molecule has 0 saturated heterocycles. The zero-order chi connectivity index (χ0) is 20.4. The summed E-state index contributed by atoms with van der Waals surface area (Å²) in [6.45, 7) is 4.01. The van der Waals surface area contributed by atoms with E-state index >= 15 is 0 Å². The van der Waals surface area contributed by atoms with E-state index in [1.165, 1.54) is 6.92 Å². The number of benzene rings is 2. The van der Waals surface area contributed by atoms with E-state index < -0.39 is 0 Å². The number of oxime groups is 1. The Morgan fingerprint density at radius 3 is 2.36 bits per heavy atom. The first-order valence-corrected chi connectivity index (χ1v) is 9.39. The number of Topliss-reactive ketones (excluding diaryl/α,β-unsaturated/α-hetero) is 1. The molecule has 0 saturated carbocycles. The maximum Gasteiger partial charge on any atom is 0.252 e. The fourth-order valence-corrected chi connectivity index (χ4v) is 2.63. The van der Waals surface area contributed by atoms with E-state index in [1.54, 1.807) is 48.5 Å². The SMILES string of the molecule is CCCCCOc1ccc(C(=O)C(C)=[N+]([O-])CC(=NO)c2ccccc2)cc1. The number of carbonyl (C=O) groups is 1. The van der Waals surface area contributed by atoms with Crippen molar-refractivity contribution in [2.75, 3.05) is 13.2 Å². The number of ether oxygens (including phenoxy) is 1. The molecule has 6 heteroatoms. The number of hydrogen-bond donors (Lipinski definition) is 1. The molecule has 0 aliphatic rings. The van der Waals surface area contributed by atoms with E-state index in [-0.39, 0.29) is 23.8 Å². The molecule has 0 aromatic heterocycles. The van der Waals surface area contributed by atoms with Crippen molar-refractivity contribution in [1.82, 2.24) is 0 Å². The van der Waals surface area contributed by atoms with Crippen molar-refractivity contribution >= 4 is 17.2 Å². The van der Waals surface area contributed by atoms with Crippen LogP contribution in [0.3, 0.4) is 0 Å². The molecular formula is C22H26N2O4. The lowest BCUT2D eigenvalue weighted by atomic mass is 10.1. The normalized spacial score (nSPS) is 12.4. The number of hydrogen-bond acceptors (Lipinski definition) is 5.